The van der Waals surface area contributed by atoms with E-state index in [0.717, 1.165) is 5.92 Å². The summed E-state index contributed by atoms with van der Waals surface area (Å²) >= 11 is 0. The van der Waals surface area contributed by atoms with Crippen LogP contribution in [0.2, 0.25) is 0 Å². The Balaban J connectivity index is 2.08. The van der Waals surface area contributed by atoms with Crippen molar-refractivity contribution in [3.05, 3.63) is 0 Å². The van der Waals surface area contributed by atoms with Crippen LogP contribution in [0, 0.1) is 11.8 Å². The van der Waals surface area contributed by atoms with Crippen LogP contribution in [-0.4, -0.2) is 19.5 Å². The van der Waals surface area contributed by atoms with Gasteiger partial charge in [0.15, 0.2) is 0 Å². The van der Waals surface area contributed by atoms with Gasteiger partial charge in [-0.1, -0.05) is 26.7 Å². The fourth-order valence-electron chi connectivity index (χ4n) is 3.28. The molecule has 1 saturated heterocycles. The Morgan fingerprint density at radius 3 is 2.69 bits per heavy atom. The Bertz CT molecular complexity index is 195. The molecule has 4 atom stereocenters. The van der Waals surface area contributed by atoms with Gasteiger partial charge in [-0.25, -0.2) is 0 Å². The topological polar surface area (TPSA) is 9.23 Å². The van der Waals surface area contributed by atoms with Gasteiger partial charge in [-0.3, -0.25) is 0 Å². The molecular formula is C11H19BO. The first-order valence-electron chi connectivity index (χ1n) is 5.67. The van der Waals surface area contributed by atoms with E-state index >= 15 is 0 Å². The molecule has 13 heavy (non-hydrogen) atoms. The molecule has 0 aromatic carbocycles. The SMILES string of the molecule is [B]C1OC2(CCC)CCC2C1CC. The zero-order valence-electron chi connectivity index (χ0n) is 8.75. The number of rotatable bonds is 3. The lowest BCUT2D eigenvalue weighted by Crippen LogP contribution is -2.45. The van der Waals surface area contributed by atoms with Gasteiger partial charge >= 0.3 is 0 Å². The molecular weight excluding hydrogens is 159 g/mol. The van der Waals surface area contributed by atoms with Crippen LogP contribution in [0.1, 0.15) is 46.0 Å². The Kier molecular flexibility index (Phi) is 2.44. The fraction of sp³-hybridized carbons (Fsp3) is 1.00. The molecule has 1 aliphatic heterocycles. The Morgan fingerprint density at radius 1 is 1.46 bits per heavy atom. The van der Waals surface area contributed by atoms with Crippen LogP contribution >= 0.6 is 0 Å². The smallest absolute Gasteiger partial charge is 0.109 e. The van der Waals surface area contributed by atoms with Crippen molar-refractivity contribution in [1.29, 1.82) is 0 Å². The minimum atomic E-state index is 0.0176. The van der Waals surface area contributed by atoms with E-state index in [-0.39, 0.29) is 11.6 Å². The average Bonchev–Trinajstić information content (AvgIpc) is 2.26. The normalized spacial score (nSPS) is 48.6. The van der Waals surface area contributed by atoms with Crippen molar-refractivity contribution in [2.45, 2.75) is 57.6 Å². The molecule has 2 aliphatic rings. The molecule has 0 spiro atoms. The maximum atomic E-state index is 6.00. The summed E-state index contributed by atoms with van der Waals surface area (Å²) in [5, 5.41) is 0. The Labute approximate surface area is 82.6 Å². The third-order valence-electron chi connectivity index (χ3n) is 4.01. The zero-order valence-corrected chi connectivity index (χ0v) is 8.75. The Morgan fingerprint density at radius 2 is 2.23 bits per heavy atom. The summed E-state index contributed by atoms with van der Waals surface area (Å²) in [5.41, 5.74) is 0.203. The summed E-state index contributed by atoms with van der Waals surface area (Å²) in [7, 11) is 6.00. The highest BCUT2D eigenvalue weighted by molar-refractivity contribution is 6.11. The maximum Gasteiger partial charge on any atom is 0.109 e. The molecule has 2 rings (SSSR count). The predicted octanol–water partition coefficient (Wildman–Crippen LogP) is 2.49. The molecule has 0 bridgehead atoms. The van der Waals surface area contributed by atoms with Crippen LogP contribution in [0.3, 0.4) is 0 Å². The third kappa shape index (κ3) is 1.26. The first-order chi connectivity index (χ1) is 6.23. The lowest BCUT2D eigenvalue weighted by molar-refractivity contribution is -0.0962. The van der Waals surface area contributed by atoms with Crippen LogP contribution in [-0.2, 0) is 4.74 Å². The number of hydrogen-bond acceptors (Lipinski definition) is 1. The summed E-state index contributed by atoms with van der Waals surface area (Å²) in [4.78, 5) is 0. The van der Waals surface area contributed by atoms with E-state index in [1.54, 1.807) is 0 Å². The molecule has 1 heterocycles. The quantitative estimate of drug-likeness (QED) is 0.603. The molecule has 1 nitrogen and oxygen atoms in total. The van der Waals surface area contributed by atoms with Gasteiger partial charge in [-0.15, -0.1) is 0 Å². The second-order valence-electron chi connectivity index (χ2n) is 4.61. The lowest BCUT2D eigenvalue weighted by atomic mass is 9.61. The molecule has 2 fully saturated rings. The number of hydrogen-bond donors (Lipinski definition) is 0. The lowest BCUT2D eigenvalue weighted by Gasteiger charge is -2.45. The van der Waals surface area contributed by atoms with E-state index < -0.39 is 0 Å². The van der Waals surface area contributed by atoms with E-state index in [1.807, 2.05) is 0 Å². The third-order valence-corrected chi connectivity index (χ3v) is 4.01. The molecule has 2 heteroatoms. The summed E-state index contributed by atoms with van der Waals surface area (Å²) < 4.78 is 5.97. The van der Waals surface area contributed by atoms with Crippen LogP contribution < -0.4 is 0 Å². The van der Waals surface area contributed by atoms with Gasteiger partial charge in [-0.05, 0) is 31.1 Å². The van der Waals surface area contributed by atoms with Gasteiger partial charge in [0, 0.05) is 6.00 Å². The zero-order chi connectivity index (χ0) is 9.47. The first kappa shape index (κ1) is 9.58. The summed E-state index contributed by atoms with van der Waals surface area (Å²) in [6.07, 6.45) is 6.20. The highest BCUT2D eigenvalue weighted by Gasteiger charge is 2.56. The van der Waals surface area contributed by atoms with Gasteiger partial charge in [0.1, 0.15) is 7.85 Å². The van der Waals surface area contributed by atoms with Crippen molar-refractivity contribution >= 4 is 7.85 Å². The molecule has 0 N–H and O–H groups in total. The molecule has 2 radical (unpaired) electrons. The van der Waals surface area contributed by atoms with E-state index in [0.29, 0.717) is 5.92 Å². The van der Waals surface area contributed by atoms with Crippen molar-refractivity contribution in [2.75, 3.05) is 0 Å². The largest absolute Gasteiger partial charge is 0.381 e. The second kappa shape index (κ2) is 3.31. The fourth-order valence-corrected chi connectivity index (χ4v) is 3.28. The van der Waals surface area contributed by atoms with Gasteiger partial charge in [0.25, 0.3) is 0 Å². The monoisotopic (exact) mass is 178 g/mol. The predicted molar refractivity (Wildman–Crippen MR) is 54.8 cm³/mol. The molecule has 4 unspecified atom stereocenters. The van der Waals surface area contributed by atoms with Gasteiger partial charge in [0.05, 0.1) is 5.60 Å². The van der Waals surface area contributed by atoms with E-state index in [4.69, 9.17) is 12.6 Å². The van der Waals surface area contributed by atoms with Crippen LogP contribution in [0.15, 0.2) is 0 Å². The maximum absolute atomic E-state index is 6.00. The molecule has 0 aromatic heterocycles. The standard InChI is InChI=1S/C11H19BO/c1-3-6-11-7-5-9(11)8(4-2)10(12)13-11/h8-10H,3-7H2,1-2H3. The van der Waals surface area contributed by atoms with Crippen molar-refractivity contribution in [2.24, 2.45) is 11.8 Å². The van der Waals surface area contributed by atoms with Crippen molar-refractivity contribution < 1.29 is 4.74 Å². The average molecular weight is 178 g/mol. The summed E-state index contributed by atoms with van der Waals surface area (Å²) in [5.74, 6) is 1.40. The first-order valence-corrected chi connectivity index (χ1v) is 5.67. The van der Waals surface area contributed by atoms with Crippen molar-refractivity contribution in [1.82, 2.24) is 0 Å². The van der Waals surface area contributed by atoms with Crippen molar-refractivity contribution in [3.8, 4) is 0 Å². The summed E-state index contributed by atoms with van der Waals surface area (Å²) in [6.45, 7) is 4.46. The molecule has 72 valence electrons. The van der Waals surface area contributed by atoms with E-state index in [9.17, 15) is 0 Å². The molecule has 1 saturated carbocycles. The van der Waals surface area contributed by atoms with Crippen LogP contribution in [0.25, 0.3) is 0 Å². The second-order valence-corrected chi connectivity index (χ2v) is 4.61. The van der Waals surface area contributed by atoms with E-state index in [2.05, 4.69) is 13.8 Å². The highest BCUT2D eigenvalue weighted by Crippen LogP contribution is 2.56. The van der Waals surface area contributed by atoms with Gasteiger partial charge < -0.3 is 4.74 Å². The van der Waals surface area contributed by atoms with Crippen LogP contribution in [0.5, 0.6) is 0 Å². The molecule has 0 amide bonds. The number of ether oxygens (including phenoxy) is 1. The number of fused-ring (bicyclic) bond motifs is 1. The van der Waals surface area contributed by atoms with Gasteiger partial charge in [0.2, 0.25) is 0 Å². The minimum absolute atomic E-state index is 0.0176. The highest BCUT2D eigenvalue weighted by atomic mass is 16.5. The minimum Gasteiger partial charge on any atom is -0.381 e. The Hall–Kier alpha value is 0.0249. The van der Waals surface area contributed by atoms with E-state index in [1.165, 1.54) is 32.1 Å². The van der Waals surface area contributed by atoms with Gasteiger partial charge in [-0.2, -0.15) is 0 Å². The van der Waals surface area contributed by atoms with Crippen LogP contribution in [0.4, 0.5) is 0 Å². The molecule has 1 aliphatic carbocycles. The van der Waals surface area contributed by atoms with Crippen molar-refractivity contribution in [3.63, 3.8) is 0 Å². The summed E-state index contributed by atoms with van der Waals surface area (Å²) in [6, 6.07) is 0.0176. The molecule has 0 aromatic rings.